The van der Waals surface area contributed by atoms with E-state index >= 15 is 4.39 Å². The standard InChI is InChI=1S/C18H19F2NO/c1-12-7-8-13-10-18(20,11-21-2)17(14(13)9-12)22-16-6-4-3-5-15(16)19/h3-9,17,21H,10-11H2,1-2H3. The molecule has 0 spiro atoms. The van der Waals surface area contributed by atoms with Gasteiger partial charge in [0.25, 0.3) is 0 Å². The summed E-state index contributed by atoms with van der Waals surface area (Å²) in [6.07, 6.45) is -0.547. The van der Waals surface area contributed by atoms with Crippen molar-refractivity contribution in [2.75, 3.05) is 13.6 Å². The number of rotatable bonds is 4. The van der Waals surface area contributed by atoms with Crippen molar-refractivity contribution in [2.24, 2.45) is 0 Å². The summed E-state index contributed by atoms with van der Waals surface area (Å²) in [7, 11) is 1.70. The lowest BCUT2D eigenvalue weighted by molar-refractivity contribution is 0.0209. The highest BCUT2D eigenvalue weighted by Crippen LogP contribution is 2.45. The molecule has 2 aromatic carbocycles. The maximum atomic E-state index is 15.4. The van der Waals surface area contributed by atoms with Crippen LogP contribution in [0.25, 0.3) is 0 Å². The van der Waals surface area contributed by atoms with Gasteiger partial charge < -0.3 is 10.1 Å². The van der Waals surface area contributed by atoms with Gasteiger partial charge in [0.05, 0.1) is 0 Å². The van der Waals surface area contributed by atoms with Gasteiger partial charge in [0.2, 0.25) is 0 Å². The van der Waals surface area contributed by atoms with Gasteiger partial charge in [0.1, 0.15) is 0 Å². The van der Waals surface area contributed by atoms with E-state index in [0.717, 1.165) is 16.7 Å². The first-order valence-corrected chi connectivity index (χ1v) is 7.37. The number of ether oxygens (including phenoxy) is 1. The monoisotopic (exact) mass is 303 g/mol. The van der Waals surface area contributed by atoms with Gasteiger partial charge in [-0.15, -0.1) is 0 Å². The van der Waals surface area contributed by atoms with E-state index in [4.69, 9.17) is 4.74 Å². The zero-order chi connectivity index (χ0) is 15.7. The van der Waals surface area contributed by atoms with Crippen LogP contribution in [0.2, 0.25) is 0 Å². The third kappa shape index (κ3) is 2.59. The minimum atomic E-state index is -1.59. The summed E-state index contributed by atoms with van der Waals surface area (Å²) in [6.45, 7) is 2.11. The van der Waals surface area contributed by atoms with Crippen LogP contribution in [0.15, 0.2) is 42.5 Å². The van der Waals surface area contributed by atoms with Crippen molar-refractivity contribution in [3.05, 3.63) is 65.0 Å². The van der Waals surface area contributed by atoms with E-state index in [2.05, 4.69) is 5.32 Å². The molecule has 2 nitrogen and oxygen atoms in total. The van der Waals surface area contributed by atoms with Crippen LogP contribution >= 0.6 is 0 Å². The molecule has 0 fully saturated rings. The number of nitrogens with one attached hydrogen (secondary N) is 1. The number of benzene rings is 2. The molecule has 0 saturated heterocycles. The first kappa shape index (κ1) is 15.0. The summed E-state index contributed by atoms with van der Waals surface area (Å²) in [5.41, 5.74) is 1.17. The molecule has 0 radical (unpaired) electrons. The first-order valence-electron chi connectivity index (χ1n) is 7.37. The Morgan fingerprint density at radius 3 is 2.77 bits per heavy atom. The van der Waals surface area contributed by atoms with Gasteiger partial charge in [-0.2, -0.15) is 0 Å². The molecule has 22 heavy (non-hydrogen) atoms. The van der Waals surface area contributed by atoms with E-state index in [9.17, 15) is 4.39 Å². The number of aryl methyl sites for hydroxylation is 1. The van der Waals surface area contributed by atoms with Crippen molar-refractivity contribution in [1.82, 2.24) is 5.32 Å². The van der Waals surface area contributed by atoms with E-state index in [1.807, 2.05) is 25.1 Å². The van der Waals surface area contributed by atoms with Crippen LogP contribution in [-0.2, 0) is 6.42 Å². The first-order chi connectivity index (χ1) is 10.5. The molecule has 2 unspecified atom stereocenters. The van der Waals surface area contributed by atoms with Crippen LogP contribution in [0.5, 0.6) is 5.75 Å². The second-order valence-electron chi connectivity index (χ2n) is 5.87. The second kappa shape index (κ2) is 5.69. The average Bonchev–Trinajstić information content (AvgIpc) is 2.74. The highest BCUT2D eigenvalue weighted by Gasteiger charge is 2.48. The predicted molar refractivity (Wildman–Crippen MR) is 82.4 cm³/mol. The molecule has 0 heterocycles. The highest BCUT2D eigenvalue weighted by molar-refractivity contribution is 5.42. The van der Waals surface area contributed by atoms with E-state index < -0.39 is 17.6 Å². The summed E-state index contributed by atoms with van der Waals surface area (Å²) in [4.78, 5) is 0. The molecule has 0 aromatic heterocycles. The fourth-order valence-electron chi connectivity index (χ4n) is 3.09. The number of alkyl halides is 1. The Hall–Kier alpha value is -1.94. The molecule has 2 atom stereocenters. The average molecular weight is 303 g/mol. The molecule has 1 N–H and O–H groups in total. The maximum absolute atomic E-state index is 15.4. The summed E-state index contributed by atoms with van der Waals surface area (Å²) in [5, 5.41) is 2.88. The predicted octanol–water partition coefficient (Wildman–Crippen LogP) is 3.74. The largest absolute Gasteiger partial charge is 0.479 e. The lowest BCUT2D eigenvalue weighted by Gasteiger charge is -2.28. The van der Waals surface area contributed by atoms with E-state index in [0.29, 0.717) is 0 Å². The molecule has 0 amide bonds. The van der Waals surface area contributed by atoms with Gasteiger partial charge in [0, 0.05) is 13.0 Å². The van der Waals surface area contributed by atoms with Gasteiger partial charge in [-0.25, -0.2) is 8.78 Å². The zero-order valence-corrected chi connectivity index (χ0v) is 12.7. The molecule has 0 saturated carbocycles. The van der Waals surface area contributed by atoms with Gasteiger partial charge in [0.15, 0.2) is 23.3 Å². The molecular weight excluding hydrogens is 284 g/mol. The van der Waals surface area contributed by atoms with Gasteiger partial charge in [-0.3, -0.25) is 0 Å². The number of halogens is 2. The quantitative estimate of drug-likeness (QED) is 0.929. The molecule has 116 valence electrons. The SMILES string of the molecule is CNCC1(F)Cc2ccc(C)cc2C1Oc1ccccc1F. The van der Waals surface area contributed by atoms with Crippen LogP contribution in [0.1, 0.15) is 22.8 Å². The van der Waals surface area contributed by atoms with Crippen molar-refractivity contribution in [3.63, 3.8) is 0 Å². The minimum Gasteiger partial charge on any atom is -0.479 e. The smallest absolute Gasteiger partial charge is 0.168 e. The molecule has 2 aromatic rings. The number of hydrogen-bond donors (Lipinski definition) is 1. The number of hydrogen-bond acceptors (Lipinski definition) is 2. The molecule has 4 heteroatoms. The molecule has 1 aliphatic carbocycles. The minimum absolute atomic E-state index is 0.0833. The van der Waals surface area contributed by atoms with Crippen LogP contribution in [0.3, 0.4) is 0 Å². The summed E-state index contributed by atoms with van der Waals surface area (Å²) >= 11 is 0. The topological polar surface area (TPSA) is 21.3 Å². The number of para-hydroxylation sites is 1. The Kier molecular flexibility index (Phi) is 3.87. The number of fused-ring (bicyclic) bond motifs is 1. The summed E-state index contributed by atoms with van der Waals surface area (Å²) in [6, 6.07) is 11.9. The molecule has 0 aliphatic heterocycles. The van der Waals surface area contributed by atoms with Crippen LogP contribution in [0, 0.1) is 12.7 Å². The Morgan fingerprint density at radius 1 is 1.27 bits per heavy atom. The summed E-state index contributed by atoms with van der Waals surface area (Å²) in [5.74, 6) is -0.393. The fraction of sp³-hybridized carbons (Fsp3) is 0.333. The van der Waals surface area contributed by atoms with Gasteiger partial charge in [-0.1, -0.05) is 35.9 Å². The van der Waals surface area contributed by atoms with E-state index in [-0.39, 0.29) is 18.7 Å². The van der Waals surface area contributed by atoms with Crippen molar-refractivity contribution in [3.8, 4) is 5.75 Å². The lowest BCUT2D eigenvalue weighted by atomic mass is 9.99. The van der Waals surface area contributed by atoms with E-state index in [1.54, 1.807) is 19.2 Å². The Morgan fingerprint density at radius 2 is 2.05 bits per heavy atom. The fourth-order valence-corrected chi connectivity index (χ4v) is 3.09. The van der Waals surface area contributed by atoms with Gasteiger partial charge in [-0.05, 0) is 37.2 Å². The Labute approximate surface area is 129 Å². The van der Waals surface area contributed by atoms with Crippen molar-refractivity contribution in [2.45, 2.75) is 25.1 Å². The lowest BCUT2D eigenvalue weighted by Crippen LogP contribution is -2.41. The maximum Gasteiger partial charge on any atom is 0.168 e. The highest BCUT2D eigenvalue weighted by atomic mass is 19.1. The normalized spacial score (nSPS) is 23.4. The van der Waals surface area contributed by atoms with Crippen LogP contribution < -0.4 is 10.1 Å². The second-order valence-corrected chi connectivity index (χ2v) is 5.87. The summed E-state index contributed by atoms with van der Waals surface area (Å²) < 4.78 is 35.0. The molecule has 0 bridgehead atoms. The third-order valence-electron chi connectivity index (χ3n) is 4.09. The Bertz CT molecular complexity index is 689. The van der Waals surface area contributed by atoms with Crippen molar-refractivity contribution < 1.29 is 13.5 Å². The van der Waals surface area contributed by atoms with Crippen molar-refractivity contribution >= 4 is 0 Å². The zero-order valence-electron chi connectivity index (χ0n) is 12.7. The van der Waals surface area contributed by atoms with E-state index in [1.165, 1.54) is 12.1 Å². The molecule has 1 aliphatic rings. The van der Waals surface area contributed by atoms with Crippen LogP contribution in [0.4, 0.5) is 8.78 Å². The third-order valence-corrected chi connectivity index (χ3v) is 4.09. The van der Waals surface area contributed by atoms with Crippen molar-refractivity contribution in [1.29, 1.82) is 0 Å². The van der Waals surface area contributed by atoms with Crippen LogP contribution in [-0.4, -0.2) is 19.3 Å². The molecular formula is C18H19F2NO. The molecule has 3 rings (SSSR count). The Balaban J connectivity index is 2.01. The van der Waals surface area contributed by atoms with Gasteiger partial charge >= 0.3 is 0 Å².